The highest BCUT2D eigenvalue weighted by Crippen LogP contribution is 2.34. The Hall–Kier alpha value is -1.46. The van der Waals surface area contributed by atoms with Crippen LogP contribution in [-0.4, -0.2) is 54.9 Å². The molecule has 4 rings (SSSR count). The van der Waals surface area contributed by atoms with Gasteiger partial charge in [0.2, 0.25) is 5.91 Å². The van der Waals surface area contributed by atoms with E-state index in [1.807, 2.05) is 30.3 Å². The molecule has 3 aliphatic rings. The zero-order valence-electron chi connectivity index (χ0n) is 20.0. The molecule has 3 fully saturated rings. The fraction of sp³-hybridized carbons (Fsp3) is 0.741. The number of carbonyl (C=O) groups is 1. The van der Waals surface area contributed by atoms with E-state index in [1.54, 1.807) is 4.90 Å². The molecule has 1 saturated carbocycles. The summed E-state index contributed by atoms with van der Waals surface area (Å²) in [5.41, 5.74) is -0.518. The van der Waals surface area contributed by atoms with E-state index in [0.717, 1.165) is 70.5 Å². The maximum Gasteiger partial charge on any atom is 0.230 e. The van der Waals surface area contributed by atoms with Crippen LogP contribution in [0.5, 0.6) is 0 Å². The number of alkyl halides is 1. The van der Waals surface area contributed by atoms with Gasteiger partial charge in [-0.25, -0.2) is 4.39 Å². The minimum absolute atomic E-state index is 0.0434. The maximum absolute atomic E-state index is 16.1. The molecule has 1 aliphatic carbocycles. The molecule has 2 heterocycles. The van der Waals surface area contributed by atoms with Crippen molar-refractivity contribution in [1.29, 1.82) is 0 Å². The summed E-state index contributed by atoms with van der Waals surface area (Å²) in [4.78, 5) is 17.6. The van der Waals surface area contributed by atoms with Gasteiger partial charge in [0, 0.05) is 37.8 Å². The molecule has 2 aliphatic heterocycles. The zero-order valence-corrected chi connectivity index (χ0v) is 20.0. The second-order valence-corrected chi connectivity index (χ2v) is 11.0. The molecule has 2 saturated heterocycles. The number of piperidine rings is 1. The average Bonchev–Trinajstić information content (AvgIpc) is 2.79. The molecule has 0 radical (unpaired) electrons. The monoisotopic (exact) mass is 444 g/mol. The van der Waals surface area contributed by atoms with E-state index in [2.05, 4.69) is 18.7 Å². The van der Waals surface area contributed by atoms with Gasteiger partial charge < -0.3 is 14.5 Å². The van der Waals surface area contributed by atoms with Crippen LogP contribution in [0.15, 0.2) is 30.3 Å². The van der Waals surface area contributed by atoms with Crippen molar-refractivity contribution in [3.8, 4) is 0 Å². The lowest BCUT2D eigenvalue weighted by Gasteiger charge is -2.42. The normalized spacial score (nSPS) is 26.5. The van der Waals surface area contributed by atoms with E-state index in [9.17, 15) is 4.79 Å². The molecular formula is C27H41FN2O2. The van der Waals surface area contributed by atoms with Gasteiger partial charge in [-0.05, 0) is 70.4 Å². The Bertz CT molecular complexity index is 739. The number of amides is 1. The number of hydrogen-bond donors (Lipinski definition) is 0. The molecular weight excluding hydrogens is 403 g/mol. The number of para-hydroxylation sites is 1. The van der Waals surface area contributed by atoms with Crippen molar-refractivity contribution in [2.24, 2.45) is 11.8 Å². The van der Waals surface area contributed by atoms with Crippen molar-refractivity contribution >= 4 is 11.6 Å². The first kappa shape index (κ1) is 23.7. The Balaban J connectivity index is 1.37. The average molecular weight is 445 g/mol. The number of hydrogen-bond acceptors (Lipinski definition) is 3. The van der Waals surface area contributed by atoms with Crippen molar-refractivity contribution in [2.75, 3.05) is 37.7 Å². The van der Waals surface area contributed by atoms with Crippen molar-refractivity contribution in [2.45, 2.75) is 82.9 Å². The zero-order chi connectivity index (χ0) is 22.6. The predicted octanol–water partition coefficient (Wildman–Crippen LogP) is 5.61. The first-order chi connectivity index (χ1) is 15.3. The van der Waals surface area contributed by atoms with Gasteiger partial charge in [-0.15, -0.1) is 0 Å². The summed E-state index contributed by atoms with van der Waals surface area (Å²) < 4.78 is 21.9. The third-order valence-corrected chi connectivity index (χ3v) is 7.80. The molecule has 0 aromatic heterocycles. The molecule has 1 atom stereocenters. The van der Waals surface area contributed by atoms with E-state index < -0.39 is 5.67 Å². The van der Waals surface area contributed by atoms with Crippen LogP contribution >= 0.6 is 0 Å². The molecule has 4 nitrogen and oxygen atoms in total. The van der Waals surface area contributed by atoms with Gasteiger partial charge in [0.15, 0.2) is 0 Å². The minimum atomic E-state index is -1.31. The van der Waals surface area contributed by atoms with Gasteiger partial charge >= 0.3 is 0 Å². The Labute approximate surface area is 193 Å². The van der Waals surface area contributed by atoms with E-state index in [0.29, 0.717) is 18.8 Å². The second kappa shape index (κ2) is 10.2. The Kier molecular flexibility index (Phi) is 7.56. The van der Waals surface area contributed by atoms with Gasteiger partial charge in [0.25, 0.3) is 0 Å². The van der Waals surface area contributed by atoms with Crippen LogP contribution in [0.25, 0.3) is 0 Å². The van der Waals surface area contributed by atoms with E-state index >= 15 is 4.39 Å². The van der Waals surface area contributed by atoms with E-state index in [-0.39, 0.29) is 24.0 Å². The standard InChI is InChI=1S/C27H41FN2O2/c1-26(2)19-22(13-18-32-26)20-29-16-14-27(28,15-17-29)21-30(24-11-7-4-8-12-24)25(31)23-9-5-3-6-10-23/h4,7-8,11-12,22-23H,3,5-6,9-10,13-21H2,1-2H3. The van der Waals surface area contributed by atoms with Gasteiger partial charge in [0.1, 0.15) is 5.67 Å². The Morgan fingerprint density at radius 3 is 2.44 bits per heavy atom. The van der Waals surface area contributed by atoms with Gasteiger partial charge in [-0.1, -0.05) is 37.5 Å². The van der Waals surface area contributed by atoms with Crippen molar-refractivity contribution < 1.29 is 13.9 Å². The topological polar surface area (TPSA) is 32.8 Å². The molecule has 32 heavy (non-hydrogen) atoms. The smallest absolute Gasteiger partial charge is 0.230 e. The molecule has 5 heteroatoms. The van der Waals surface area contributed by atoms with Crippen LogP contribution < -0.4 is 4.90 Å². The number of nitrogens with zero attached hydrogens (tertiary/aromatic N) is 2. The Morgan fingerprint density at radius 1 is 1.09 bits per heavy atom. The van der Waals surface area contributed by atoms with Crippen LogP contribution in [0, 0.1) is 11.8 Å². The minimum Gasteiger partial charge on any atom is -0.376 e. The number of anilines is 1. The fourth-order valence-electron chi connectivity index (χ4n) is 5.93. The predicted molar refractivity (Wildman–Crippen MR) is 128 cm³/mol. The summed E-state index contributed by atoms with van der Waals surface area (Å²) in [6, 6.07) is 9.74. The summed E-state index contributed by atoms with van der Waals surface area (Å²) in [7, 11) is 0. The summed E-state index contributed by atoms with van der Waals surface area (Å²) in [5, 5.41) is 0. The first-order valence-electron chi connectivity index (χ1n) is 12.8. The van der Waals surface area contributed by atoms with Gasteiger partial charge in [0.05, 0.1) is 12.1 Å². The highest BCUT2D eigenvalue weighted by atomic mass is 19.1. The van der Waals surface area contributed by atoms with Crippen LogP contribution in [0.3, 0.4) is 0 Å². The van der Waals surface area contributed by atoms with Crippen LogP contribution in [0.4, 0.5) is 10.1 Å². The SMILES string of the molecule is CC1(C)CC(CN2CCC(F)(CN(C(=O)C3CCCCC3)c3ccccc3)CC2)CCO1. The maximum atomic E-state index is 16.1. The third-order valence-electron chi connectivity index (χ3n) is 7.80. The highest BCUT2D eigenvalue weighted by Gasteiger charge is 2.40. The highest BCUT2D eigenvalue weighted by molar-refractivity contribution is 5.95. The van der Waals surface area contributed by atoms with Crippen molar-refractivity contribution in [3.63, 3.8) is 0 Å². The summed E-state index contributed by atoms with van der Waals surface area (Å²) in [5.74, 6) is 0.795. The molecule has 0 bridgehead atoms. The van der Waals surface area contributed by atoms with Gasteiger partial charge in [-0.2, -0.15) is 0 Å². The van der Waals surface area contributed by atoms with Crippen molar-refractivity contribution in [3.05, 3.63) is 30.3 Å². The quantitative estimate of drug-likeness (QED) is 0.572. The summed E-state index contributed by atoms with van der Waals surface area (Å²) in [6.45, 7) is 7.93. The van der Waals surface area contributed by atoms with Crippen molar-refractivity contribution in [1.82, 2.24) is 4.90 Å². The summed E-state index contributed by atoms with van der Waals surface area (Å²) >= 11 is 0. The molecule has 0 spiro atoms. The molecule has 1 aromatic carbocycles. The number of benzene rings is 1. The molecule has 0 N–H and O–H groups in total. The number of likely N-dealkylation sites (tertiary alicyclic amines) is 1. The lowest BCUT2D eigenvalue weighted by atomic mass is 9.86. The van der Waals surface area contributed by atoms with Crippen LogP contribution in [0.2, 0.25) is 0 Å². The number of halogens is 1. The third kappa shape index (κ3) is 6.11. The Morgan fingerprint density at radius 2 is 1.78 bits per heavy atom. The lowest BCUT2D eigenvalue weighted by molar-refractivity contribution is -0.124. The van der Waals surface area contributed by atoms with Gasteiger partial charge in [-0.3, -0.25) is 4.79 Å². The first-order valence-corrected chi connectivity index (χ1v) is 12.8. The van der Waals surface area contributed by atoms with Crippen LogP contribution in [-0.2, 0) is 9.53 Å². The van der Waals surface area contributed by atoms with E-state index in [1.165, 1.54) is 6.42 Å². The number of rotatable bonds is 6. The second-order valence-electron chi connectivity index (χ2n) is 11.0. The fourth-order valence-corrected chi connectivity index (χ4v) is 5.93. The number of carbonyl (C=O) groups excluding carboxylic acids is 1. The molecule has 1 amide bonds. The number of ether oxygens (including phenoxy) is 1. The van der Waals surface area contributed by atoms with Crippen LogP contribution in [0.1, 0.15) is 71.6 Å². The molecule has 1 unspecified atom stereocenters. The molecule has 1 aromatic rings. The summed E-state index contributed by atoms with van der Waals surface area (Å²) in [6.07, 6.45) is 8.48. The molecule has 178 valence electrons. The van der Waals surface area contributed by atoms with E-state index in [4.69, 9.17) is 4.74 Å². The lowest BCUT2D eigenvalue weighted by Crippen LogP contribution is -2.52. The largest absolute Gasteiger partial charge is 0.376 e.